The van der Waals surface area contributed by atoms with Gasteiger partial charge in [-0.25, -0.2) is 0 Å². The van der Waals surface area contributed by atoms with Gasteiger partial charge in [-0.2, -0.15) is 0 Å². The first kappa shape index (κ1) is 12.0. The van der Waals surface area contributed by atoms with E-state index in [-0.39, 0.29) is 0 Å². The Balaban J connectivity index is 2.13. The molecule has 2 unspecified atom stereocenters. The molecule has 0 amide bonds. The van der Waals surface area contributed by atoms with Crippen LogP contribution < -0.4 is 5.32 Å². The molecule has 0 saturated carbocycles. The fourth-order valence-electron chi connectivity index (χ4n) is 2.05. The van der Waals surface area contributed by atoms with E-state index in [9.17, 15) is 0 Å². The maximum Gasteiger partial charge on any atom is 0.0612 e. The molecule has 84 valence electrons. The summed E-state index contributed by atoms with van der Waals surface area (Å²) in [7, 11) is 1.74. The van der Waals surface area contributed by atoms with Crippen LogP contribution in [0.4, 0.5) is 0 Å². The van der Waals surface area contributed by atoms with Gasteiger partial charge in [0.05, 0.1) is 12.7 Å². The van der Waals surface area contributed by atoms with Crippen molar-refractivity contribution in [3.05, 3.63) is 0 Å². The molecule has 1 rings (SSSR count). The lowest BCUT2D eigenvalue weighted by Gasteiger charge is -2.31. The molecule has 1 N–H and O–H groups in total. The number of hydrogen-bond acceptors (Lipinski definition) is 3. The molecule has 0 bridgehead atoms. The molecule has 1 saturated heterocycles. The summed E-state index contributed by atoms with van der Waals surface area (Å²) in [5.41, 5.74) is 0. The summed E-state index contributed by atoms with van der Waals surface area (Å²) in [6, 6.07) is 0. The molecule has 1 aliphatic rings. The molecular formula is C11H23NO2. The first-order valence-electron chi connectivity index (χ1n) is 5.69. The minimum absolute atomic E-state index is 0.471. The van der Waals surface area contributed by atoms with Gasteiger partial charge in [0.1, 0.15) is 0 Å². The Hall–Kier alpha value is -0.120. The average molecular weight is 201 g/mol. The summed E-state index contributed by atoms with van der Waals surface area (Å²) in [5, 5.41) is 3.42. The molecule has 0 aromatic carbocycles. The maximum absolute atomic E-state index is 5.73. The number of hydrogen-bond donors (Lipinski definition) is 1. The lowest BCUT2D eigenvalue weighted by atomic mass is 9.92. The molecule has 2 atom stereocenters. The largest absolute Gasteiger partial charge is 0.383 e. The van der Waals surface area contributed by atoms with E-state index >= 15 is 0 Å². The molecule has 0 aromatic heterocycles. The normalized spacial score (nSPS) is 27.9. The van der Waals surface area contributed by atoms with Gasteiger partial charge in [-0.1, -0.05) is 6.92 Å². The van der Waals surface area contributed by atoms with Crippen molar-refractivity contribution in [1.82, 2.24) is 5.32 Å². The highest BCUT2D eigenvalue weighted by atomic mass is 16.5. The molecular weight excluding hydrogens is 178 g/mol. The van der Waals surface area contributed by atoms with Crippen molar-refractivity contribution in [2.45, 2.75) is 32.3 Å². The zero-order chi connectivity index (χ0) is 10.2. The minimum atomic E-state index is 0.471. The zero-order valence-corrected chi connectivity index (χ0v) is 9.42. The summed E-state index contributed by atoms with van der Waals surface area (Å²) in [6.07, 6.45) is 4.13. The maximum atomic E-state index is 5.73. The second-order valence-corrected chi connectivity index (χ2v) is 3.92. The van der Waals surface area contributed by atoms with Crippen LogP contribution in [0.2, 0.25) is 0 Å². The monoisotopic (exact) mass is 201 g/mol. The molecule has 1 fully saturated rings. The minimum Gasteiger partial charge on any atom is -0.383 e. The molecule has 1 aliphatic heterocycles. The van der Waals surface area contributed by atoms with Crippen LogP contribution in [0.5, 0.6) is 0 Å². The van der Waals surface area contributed by atoms with Gasteiger partial charge in [0.2, 0.25) is 0 Å². The highest BCUT2D eigenvalue weighted by molar-refractivity contribution is 4.75. The molecule has 3 nitrogen and oxygen atoms in total. The first-order valence-corrected chi connectivity index (χ1v) is 5.69. The van der Waals surface area contributed by atoms with Gasteiger partial charge in [0.25, 0.3) is 0 Å². The van der Waals surface area contributed by atoms with Crippen molar-refractivity contribution in [3.63, 3.8) is 0 Å². The Bertz CT molecular complexity index is 141. The van der Waals surface area contributed by atoms with E-state index < -0.39 is 0 Å². The molecule has 14 heavy (non-hydrogen) atoms. The second-order valence-electron chi connectivity index (χ2n) is 3.92. The second kappa shape index (κ2) is 7.21. The van der Waals surface area contributed by atoms with E-state index in [4.69, 9.17) is 9.47 Å². The zero-order valence-electron chi connectivity index (χ0n) is 9.42. The van der Waals surface area contributed by atoms with Crippen molar-refractivity contribution in [3.8, 4) is 0 Å². The van der Waals surface area contributed by atoms with Crippen LogP contribution in [0.25, 0.3) is 0 Å². The predicted octanol–water partition coefficient (Wildman–Crippen LogP) is 1.43. The average Bonchev–Trinajstić information content (AvgIpc) is 2.25. The number of ether oxygens (including phenoxy) is 2. The first-order chi connectivity index (χ1) is 6.88. The van der Waals surface area contributed by atoms with Gasteiger partial charge >= 0.3 is 0 Å². The van der Waals surface area contributed by atoms with Crippen LogP contribution in [0, 0.1) is 5.92 Å². The van der Waals surface area contributed by atoms with Gasteiger partial charge in [-0.15, -0.1) is 0 Å². The summed E-state index contributed by atoms with van der Waals surface area (Å²) >= 11 is 0. The standard InChI is InChI=1S/C11H23NO2/c1-3-11-10(5-4-7-14-11)9-12-6-8-13-2/h10-12H,3-9H2,1-2H3. The van der Waals surface area contributed by atoms with Crippen LogP contribution in [0.1, 0.15) is 26.2 Å². The SMILES string of the molecule is CCC1OCCCC1CNCCOC. The van der Waals surface area contributed by atoms with Crippen molar-refractivity contribution in [2.75, 3.05) is 33.4 Å². The summed E-state index contributed by atoms with van der Waals surface area (Å²) in [4.78, 5) is 0. The third kappa shape index (κ3) is 3.95. The van der Waals surface area contributed by atoms with E-state index in [0.29, 0.717) is 12.0 Å². The number of rotatable bonds is 6. The van der Waals surface area contributed by atoms with E-state index in [1.807, 2.05) is 0 Å². The van der Waals surface area contributed by atoms with Crippen molar-refractivity contribution < 1.29 is 9.47 Å². The van der Waals surface area contributed by atoms with Crippen molar-refractivity contribution in [2.24, 2.45) is 5.92 Å². The lowest BCUT2D eigenvalue weighted by Crippen LogP contribution is -2.37. The Labute approximate surface area is 87.2 Å². The van der Waals surface area contributed by atoms with Gasteiger partial charge in [0.15, 0.2) is 0 Å². The Morgan fingerprint density at radius 2 is 2.36 bits per heavy atom. The Morgan fingerprint density at radius 1 is 1.50 bits per heavy atom. The molecule has 0 spiro atoms. The van der Waals surface area contributed by atoms with E-state index in [1.165, 1.54) is 12.8 Å². The van der Waals surface area contributed by atoms with Crippen molar-refractivity contribution in [1.29, 1.82) is 0 Å². The van der Waals surface area contributed by atoms with Gasteiger partial charge in [-0.3, -0.25) is 0 Å². The summed E-state index contributed by atoms with van der Waals surface area (Å²) in [5.74, 6) is 0.700. The van der Waals surface area contributed by atoms with E-state index in [2.05, 4.69) is 12.2 Å². The molecule has 1 heterocycles. The van der Waals surface area contributed by atoms with E-state index in [1.54, 1.807) is 7.11 Å². The number of methoxy groups -OCH3 is 1. The van der Waals surface area contributed by atoms with Gasteiger partial charge in [0, 0.05) is 26.8 Å². The number of nitrogens with one attached hydrogen (secondary N) is 1. The van der Waals surface area contributed by atoms with Crippen LogP contribution in [0.3, 0.4) is 0 Å². The van der Waals surface area contributed by atoms with E-state index in [0.717, 1.165) is 32.7 Å². The van der Waals surface area contributed by atoms with Gasteiger partial charge in [-0.05, 0) is 25.2 Å². The van der Waals surface area contributed by atoms with Crippen LogP contribution in [0.15, 0.2) is 0 Å². The van der Waals surface area contributed by atoms with Crippen LogP contribution in [-0.2, 0) is 9.47 Å². The molecule has 3 heteroatoms. The molecule has 0 aromatic rings. The van der Waals surface area contributed by atoms with Gasteiger partial charge < -0.3 is 14.8 Å². The molecule has 0 aliphatic carbocycles. The third-order valence-electron chi connectivity index (χ3n) is 2.87. The lowest BCUT2D eigenvalue weighted by molar-refractivity contribution is -0.0276. The predicted molar refractivity (Wildman–Crippen MR) is 57.5 cm³/mol. The highest BCUT2D eigenvalue weighted by Crippen LogP contribution is 2.22. The highest BCUT2D eigenvalue weighted by Gasteiger charge is 2.23. The quantitative estimate of drug-likeness (QED) is 0.659. The smallest absolute Gasteiger partial charge is 0.0612 e. The summed E-state index contributed by atoms with van der Waals surface area (Å²) in [6.45, 7) is 5.97. The van der Waals surface area contributed by atoms with Crippen LogP contribution in [-0.4, -0.2) is 39.5 Å². The fourth-order valence-corrected chi connectivity index (χ4v) is 2.05. The Morgan fingerprint density at radius 3 is 3.07 bits per heavy atom. The van der Waals surface area contributed by atoms with Crippen LogP contribution >= 0.6 is 0 Å². The summed E-state index contributed by atoms with van der Waals surface area (Å²) < 4.78 is 10.7. The van der Waals surface area contributed by atoms with Crippen molar-refractivity contribution >= 4 is 0 Å². The Kier molecular flexibility index (Phi) is 6.15. The third-order valence-corrected chi connectivity index (χ3v) is 2.87. The fraction of sp³-hybridized carbons (Fsp3) is 1.00. The topological polar surface area (TPSA) is 30.5 Å². The molecule has 0 radical (unpaired) electrons.